The number of hydrogen-bond donors (Lipinski definition) is 2. The Morgan fingerprint density at radius 3 is 3.21 bits per heavy atom. The summed E-state index contributed by atoms with van der Waals surface area (Å²) in [6.07, 6.45) is 2.36. The minimum Gasteiger partial charge on any atom is -0.480 e. The lowest BCUT2D eigenvalue weighted by atomic mass is 9.98. The van der Waals surface area contributed by atoms with Crippen LogP contribution in [0.3, 0.4) is 0 Å². The predicted molar refractivity (Wildman–Crippen MR) is 75.4 cm³/mol. The molecule has 2 rings (SSSR count). The van der Waals surface area contributed by atoms with Gasteiger partial charge in [0.1, 0.15) is 5.01 Å². The number of hydrogen-bond acceptors (Lipinski definition) is 5. The fraction of sp³-hybridized carbons (Fsp3) is 0.692. The van der Waals surface area contributed by atoms with Gasteiger partial charge in [-0.05, 0) is 38.8 Å². The van der Waals surface area contributed by atoms with E-state index in [0.717, 1.165) is 31.9 Å². The average Bonchev–Trinajstić information content (AvgIpc) is 2.75. The van der Waals surface area contributed by atoms with E-state index < -0.39 is 5.97 Å². The van der Waals surface area contributed by atoms with Crippen molar-refractivity contribution in [3.8, 4) is 0 Å². The van der Waals surface area contributed by atoms with E-state index in [1.807, 2.05) is 6.92 Å². The second-order valence-electron chi connectivity index (χ2n) is 5.15. The standard InChI is InChI=1S/C13H21N3O2S/c1-10-9-19-12(15-10)8-16-4-2-3-11(7-16)5-14-6-13(17)18/h9,11,14H,2-8H2,1H3,(H,17,18). The molecular formula is C13H21N3O2S. The first-order valence-electron chi connectivity index (χ1n) is 6.69. The third-order valence-electron chi connectivity index (χ3n) is 3.34. The van der Waals surface area contributed by atoms with E-state index in [1.54, 1.807) is 11.3 Å². The number of aryl methyl sites for hydroxylation is 1. The summed E-state index contributed by atoms with van der Waals surface area (Å²) in [5.41, 5.74) is 1.09. The molecule has 1 unspecified atom stereocenters. The maximum Gasteiger partial charge on any atom is 0.317 e. The number of carboxylic acid groups (broad SMARTS) is 1. The van der Waals surface area contributed by atoms with Gasteiger partial charge in [-0.25, -0.2) is 4.98 Å². The number of thiazole rings is 1. The van der Waals surface area contributed by atoms with Crippen LogP contribution in [-0.4, -0.2) is 47.1 Å². The number of nitrogens with zero attached hydrogens (tertiary/aromatic N) is 2. The van der Waals surface area contributed by atoms with Crippen LogP contribution in [0, 0.1) is 12.8 Å². The predicted octanol–water partition coefficient (Wildman–Crippen LogP) is 1.34. The van der Waals surface area contributed by atoms with Crippen LogP contribution in [0.5, 0.6) is 0 Å². The molecule has 2 heterocycles. The summed E-state index contributed by atoms with van der Waals surface area (Å²) in [4.78, 5) is 17.4. The van der Waals surface area contributed by atoms with Crippen molar-refractivity contribution in [1.82, 2.24) is 15.2 Å². The highest BCUT2D eigenvalue weighted by Gasteiger charge is 2.20. The van der Waals surface area contributed by atoms with Crippen molar-refractivity contribution in [2.45, 2.75) is 26.3 Å². The zero-order valence-corrected chi connectivity index (χ0v) is 12.1. The van der Waals surface area contributed by atoms with E-state index in [9.17, 15) is 4.79 Å². The van der Waals surface area contributed by atoms with Gasteiger partial charge in [0.2, 0.25) is 0 Å². The van der Waals surface area contributed by atoms with E-state index in [2.05, 4.69) is 20.6 Å². The van der Waals surface area contributed by atoms with Crippen LogP contribution in [0.15, 0.2) is 5.38 Å². The Labute approximate surface area is 117 Å². The third-order valence-corrected chi connectivity index (χ3v) is 4.29. The Morgan fingerprint density at radius 1 is 1.68 bits per heavy atom. The molecule has 19 heavy (non-hydrogen) atoms. The molecule has 1 aromatic rings. The van der Waals surface area contributed by atoms with Crippen LogP contribution >= 0.6 is 11.3 Å². The zero-order chi connectivity index (χ0) is 13.7. The number of piperidine rings is 1. The Bertz CT molecular complexity index is 422. The SMILES string of the molecule is Cc1csc(CN2CCCC(CNCC(=O)O)C2)n1. The number of carbonyl (C=O) groups is 1. The topological polar surface area (TPSA) is 65.5 Å². The fourth-order valence-electron chi connectivity index (χ4n) is 2.51. The summed E-state index contributed by atoms with van der Waals surface area (Å²) in [6, 6.07) is 0. The van der Waals surface area contributed by atoms with Crippen LogP contribution in [-0.2, 0) is 11.3 Å². The van der Waals surface area contributed by atoms with E-state index in [1.165, 1.54) is 17.8 Å². The molecule has 0 aromatic carbocycles. The van der Waals surface area contributed by atoms with Gasteiger partial charge in [0.05, 0.1) is 13.1 Å². The first-order valence-corrected chi connectivity index (χ1v) is 7.57. The molecule has 0 saturated carbocycles. The van der Waals surface area contributed by atoms with Gasteiger partial charge in [-0.15, -0.1) is 11.3 Å². The van der Waals surface area contributed by atoms with Crippen molar-refractivity contribution in [2.75, 3.05) is 26.2 Å². The van der Waals surface area contributed by atoms with Gasteiger partial charge in [0.25, 0.3) is 0 Å². The lowest BCUT2D eigenvalue weighted by Crippen LogP contribution is -2.40. The van der Waals surface area contributed by atoms with Crippen molar-refractivity contribution in [2.24, 2.45) is 5.92 Å². The fourth-order valence-corrected chi connectivity index (χ4v) is 3.32. The summed E-state index contributed by atoms with van der Waals surface area (Å²) in [7, 11) is 0. The Hall–Kier alpha value is -0.980. The molecule has 1 saturated heterocycles. The van der Waals surface area contributed by atoms with Crippen molar-refractivity contribution >= 4 is 17.3 Å². The molecule has 1 aromatic heterocycles. The molecule has 106 valence electrons. The van der Waals surface area contributed by atoms with Gasteiger partial charge >= 0.3 is 5.97 Å². The van der Waals surface area contributed by atoms with E-state index in [0.29, 0.717) is 5.92 Å². The van der Waals surface area contributed by atoms with Crippen molar-refractivity contribution in [3.63, 3.8) is 0 Å². The molecule has 0 bridgehead atoms. The van der Waals surface area contributed by atoms with Gasteiger partial charge in [-0.3, -0.25) is 9.69 Å². The molecular weight excluding hydrogens is 262 g/mol. The van der Waals surface area contributed by atoms with Gasteiger partial charge in [-0.1, -0.05) is 0 Å². The van der Waals surface area contributed by atoms with Crippen molar-refractivity contribution < 1.29 is 9.90 Å². The van der Waals surface area contributed by atoms with Gasteiger partial charge in [0.15, 0.2) is 0 Å². The lowest BCUT2D eigenvalue weighted by molar-refractivity contribution is -0.136. The van der Waals surface area contributed by atoms with Crippen LogP contribution in [0.2, 0.25) is 0 Å². The third kappa shape index (κ3) is 4.89. The number of carboxylic acids is 1. The molecule has 0 aliphatic carbocycles. The van der Waals surface area contributed by atoms with Gasteiger partial charge < -0.3 is 10.4 Å². The van der Waals surface area contributed by atoms with E-state index in [4.69, 9.17) is 5.11 Å². The molecule has 1 aliphatic heterocycles. The van der Waals surface area contributed by atoms with Crippen LogP contribution < -0.4 is 5.32 Å². The highest BCUT2D eigenvalue weighted by Crippen LogP contribution is 2.19. The zero-order valence-electron chi connectivity index (χ0n) is 11.3. The van der Waals surface area contributed by atoms with Gasteiger partial charge in [-0.2, -0.15) is 0 Å². The van der Waals surface area contributed by atoms with E-state index >= 15 is 0 Å². The molecule has 1 aliphatic rings. The minimum absolute atomic E-state index is 0.0577. The lowest BCUT2D eigenvalue weighted by Gasteiger charge is -2.32. The molecule has 6 heteroatoms. The Morgan fingerprint density at radius 2 is 2.53 bits per heavy atom. The number of aliphatic carboxylic acids is 1. The summed E-state index contributed by atoms with van der Waals surface area (Å²) in [5.74, 6) is -0.236. The molecule has 2 N–H and O–H groups in total. The second kappa shape index (κ2) is 6.98. The maximum absolute atomic E-state index is 10.5. The van der Waals surface area contributed by atoms with Crippen LogP contribution in [0.1, 0.15) is 23.5 Å². The monoisotopic (exact) mass is 283 g/mol. The second-order valence-corrected chi connectivity index (χ2v) is 6.09. The average molecular weight is 283 g/mol. The molecule has 5 nitrogen and oxygen atoms in total. The summed E-state index contributed by atoms with van der Waals surface area (Å²) in [5, 5.41) is 14.9. The first kappa shape index (κ1) is 14.4. The molecule has 0 radical (unpaired) electrons. The smallest absolute Gasteiger partial charge is 0.317 e. The highest BCUT2D eigenvalue weighted by atomic mass is 32.1. The molecule has 1 atom stereocenters. The molecule has 0 spiro atoms. The number of rotatable bonds is 6. The van der Waals surface area contributed by atoms with Crippen LogP contribution in [0.4, 0.5) is 0 Å². The highest BCUT2D eigenvalue weighted by molar-refractivity contribution is 7.09. The molecule has 0 amide bonds. The largest absolute Gasteiger partial charge is 0.480 e. The normalized spacial score (nSPS) is 20.6. The van der Waals surface area contributed by atoms with Crippen LogP contribution in [0.25, 0.3) is 0 Å². The van der Waals surface area contributed by atoms with Crippen molar-refractivity contribution in [3.05, 3.63) is 16.1 Å². The summed E-state index contributed by atoms with van der Waals surface area (Å²) >= 11 is 1.72. The Balaban J connectivity index is 1.75. The summed E-state index contributed by atoms with van der Waals surface area (Å²) < 4.78 is 0. The number of likely N-dealkylation sites (tertiary alicyclic amines) is 1. The summed E-state index contributed by atoms with van der Waals surface area (Å²) in [6.45, 7) is 5.95. The number of aromatic nitrogens is 1. The maximum atomic E-state index is 10.5. The van der Waals surface area contributed by atoms with E-state index in [-0.39, 0.29) is 6.54 Å². The quantitative estimate of drug-likeness (QED) is 0.825. The van der Waals surface area contributed by atoms with Crippen molar-refractivity contribution in [1.29, 1.82) is 0 Å². The number of nitrogens with one attached hydrogen (secondary N) is 1. The Kier molecular flexibility index (Phi) is 5.30. The van der Waals surface area contributed by atoms with Gasteiger partial charge in [0, 0.05) is 17.6 Å². The first-order chi connectivity index (χ1) is 9.13. The minimum atomic E-state index is -0.786. The molecule has 1 fully saturated rings.